The van der Waals surface area contributed by atoms with Crippen molar-refractivity contribution in [3.63, 3.8) is 0 Å². The molecule has 1 aliphatic rings. The Balaban J connectivity index is 2.21. The van der Waals surface area contributed by atoms with Crippen molar-refractivity contribution in [3.05, 3.63) is 18.0 Å². The van der Waals surface area contributed by atoms with Gasteiger partial charge in [0.15, 0.2) is 0 Å². The maximum absolute atomic E-state index is 9.09. The van der Waals surface area contributed by atoms with Crippen molar-refractivity contribution in [3.8, 4) is 0 Å². The van der Waals surface area contributed by atoms with E-state index in [1.165, 1.54) is 0 Å². The lowest BCUT2D eigenvalue weighted by molar-refractivity contribution is 0.317. The topological polar surface area (TPSA) is 40.8 Å². The number of aryl methyl sites for hydroxylation is 1. The van der Waals surface area contributed by atoms with Crippen LogP contribution < -0.4 is 0 Å². The molecule has 0 saturated heterocycles. The molecule has 0 aromatic carbocycles. The Morgan fingerprint density at radius 2 is 2.41 bits per heavy atom. The van der Waals surface area contributed by atoms with Gasteiger partial charge in [-0.25, -0.2) is 4.31 Å². The summed E-state index contributed by atoms with van der Waals surface area (Å²) in [6.07, 6.45) is 3.73. The van der Waals surface area contributed by atoms with Crippen LogP contribution in [0.25, 0.3) is 0 Å². The minimum Gasteiger partial charge on any atom is -0.411 e. The normalized spacial score (nSPS) is 19.3. The smallest absolute Gasteiger partial charge is 0.106 e. The van der Waals surface area contributed by atoms with E-state index in [0.717, 1.165) is 42.2 Å². The average molecular weight is 274 g/mol. The zero-order chi connectivity index (χ0) is 12.3. The Hall–Kier alpha value is -0.650. The summed E-state index contributed by atoms with van der Waals surface area (Å²) < 4.78 is 4.28. The van der Waals surface area contributed by atoms with E-state index in [-0.39, 0.29) is 0 Å². The molecule has 2 heterocycles. The molecule has 2 rings (SSSR count). The van der Waals surface area contributed by atoms with Crippen LogP contribution in [0.15, 0.2) is 22.3 Å². The number of rotatable bonds is 3. The molecule has 0 atom stereocenters. The van der Waals surface area contributed by atoms with E-state index in [1.54, 1.807) is 11.9 Å². The second-order valence-electron chi connectivity index (χ2n) is 4.00. The second-order valence-corrected chi connectivity index (χ2v) is 5.52. The Morgan fingerprint density at radius 3 is 3.12 bits per heavy atom. The quantitative estimate of drug-likeness (QED) is 0.398. The molecule has 1 N–H and O–H groups in total. The summed E-state index contributed by atoms with van der Waals surface area (Å²) in [6.45, 7) is 1.84. The highest BCUT2D eigenvalue weighted by Gasteiger charge is 2.22. The van der Waals surface area contributed by atoms with Crippen molar-refractivity contribution < 1.29 is 5.21 Å². The SMILES string of the molecule is Cn1ccc2c1/C(=N/O)CCN(CCCCl)S2. The number of halogens is 1. The lowest BCUT2D eigenvalue weighted by atomic mass is 10.2. The number of nitrogens with zero attached hydrogens (tertiary/aromatic N) is 3. The molecule has 0 fully saturated rings. The molecular formula is C11H16ClN3OS. The molecule has 6 heteroatoms. The molecule has 1 aliphatic heterocycles. The molecule has 0 bridgehead atoms. The molecule has 94 valence electrons. The fraction of sp³-hybridized carbons (Fsp3) is 0.545. The van der Waals surface area contributed by atoms with Crippen LogP contribution in [0.1, 0.15) is 18.5 Å². The van der Waals surface area contributed by atoms with Crippen molar-refractivity contribution in [2.24, 2.45) is 12.2 Å². The molecule has 17 heavy (non-hydrogen) atoms. The lowest BCUT2D eigenvalue weighted by Crippen LogP contribution is -2.19. The van der Waals surface area contributed by atoms with Gasteiger partial charge in [0.1, 0.15) is 5.71 Å². The van der Waals surface area contributed by atoms with Gasteiger partial charge in [0.05, 0.1) is 10.6 Å². The first-order chi connectivity index (χ1) is 8.26. The summed E-state index contributed by atoms with van der Waals surface area (Å²) in [5.41, 5.74) is 1.78. The summed E-state index contributed by atoms with van der Waals surface area (Å²) in [5.74, 6) is 0.680. The number of alkyl halides is 1. The third kappa shape index (κ3) is 2.78. The number of fused-ring (bicyclic) bond motifs is 1. The van der Waals surface area contributed by atoms with Gasteiger partial charge in [-0.2, -0.15) is 0 Å². The molecule has 0 spiro atoms. The third-order valence-corrected chi connectivity index (χ3v) is 4.21. The Bertz CT molecular complexity index is 419. The predicted molar refractivity (Wildman–Crippen MR) is 71.1 cm³/mol. The molecule has 0 saturated carbocycles. The molecule has 1 aromatic rings. The van der Waals surface area contributed by atoms with Gasteiger partial charge in [0.2, 0.25) is 0 Å². The van der Waals surface area contributed by atoms with Crippen molar-refractivity contribution in [2.45, 2.75) is 17.7 Å². The van der Waals surface area contributed by atoms with Gasteiger partial charge in [0.25, 0.3) is 0 Å². The minimum absolute atomic E-state index is 0.680. The van der Waals surface area contributed by atoms with Crippen LogP contribution in [0.2, 0.25) is 0 Å². The number of hydrogen-bond acceptors (Lipinski definition) is 4. The van der Waals surface area contributed by atoms with Crippen LogP contribution in [-0.2, 0) is 7.05 Å². The number of aromatic nitrogens is 1. The van der Waals surface area contributed by atoms with Gasteiger partial charge in [0, 0.05) is 38.6 Å². The molecule has 1 aromatic heterocycles. The molecule has 4 nitrogen and oxygen atoms in total. The van der Waals surface area contributed by atoms with Crippen LogP contribution in [0.3, 0.4) is 0 Å². The zero-order valence-electron chi connectivity index (χ0n) is 9.77. The van der Waals surface area contributed by atoms with Crippen LogP contribution in [-0.4, -0.2) is 38.8 Å². The van der Waals surface area contributed by atoms with Crippen LogP contribution >= 0.6 is 23.5 Å². The van der Waals surface area contributed by atoms with E-state index < -0.39 is 0 Å². The summed E-state index contributed by atoms with van der Waals surface area (Å²) in [5, 5.41) is 12.5. The van der Waals surface area contributed by atoms with Crippen LogP contribution in [0, 0.1) is 0 Å². The monoisotopic (exact) mass is 273 g/mol. The fourth-order valence-electron chi connectivity index (χ4n) is 1.95. The number of hydrogen-bond donors (Lipinski definition) is 1. The van der Waals surface area contributed by atoms with E-state index in [4.69, 9.17) is 16.8 Å². The van der Waals surface area contributed by atoms with Gasteiger partial charge in [-0.15, -0.1) is 11.6 Å². The summed E-state index contributed by atoms with van der Waals surface area (Å²) >= 11 is 7.44. The fourth-order valence-corrected chi connectivity index (χ4v) is 3.22. The maximum Gasteiger partial charge on any atom is 0.106 e. The first kappa shape index (κ1) is 12.8. The summed E-state index contributed by atoms with van der Waals surface area (Å²) in [7, 11) is 1.97. The molecule has 0 amide bonds. The first-order valence-corrected chi connectivity index (χ1v) is 6.92. The number of oxime groups is 1. The van der Waals surface area contributed by atoms with E-state index in [0.29, 0.717) is 5.88 Å². The molecular weight excluding hydrogens is 258 g/mol. The summed E-state index contributed by atoms with van der Waals surface area (Å²) in [4.78, 5) is 1.15. The molecule has 0 aliphatic carbocycles. The van der Waals surface area contributed by atoms with E-state index in [9.17, 15) is 0 Å². The van der Waals surface area contributed by atoms with Gasteiger partial charge in [-0.1, -0.05) is 5.16 Å². The third-order valence-electron chi connectivity index (χ3n) is 2.80. The van der Waals surface area contributed by atoms with Gasteiger partial charge >= 0.3 is 0 Å². The highest BCUT2D eigenvalue weighted by molar-refractivity contribution is 7.97. The highest BCUT2D eigenvalue weighted by atomic mass is 35.5. The van der Waals surface area contributed by atoms with Crippen molar-refractivity contribution >= 4 is 29.3 Å². The first-order valence-electron chi connectivity index (χ1n) is 5.61. The van der Waals surface area contributed by atoms with E-state index in [2.05, 4.69) is 15.5 Å². The standard InChI is InChI=1S/C11H16ClN3OS/c1-14-7-4-10-11(14)9(13-16)3-8-15(17-10)6-2-5-12/h4,7,16H,2-3,5-6,8H2,1H3/b13-9+. The predicted octanol–water partition coefficient (Wildman–Crippen LogP) is 2.55. The van der Waals surface area contributed by atoms with Gasteiger partial charge in [-0.05, 0) is 24.4 Å². The van der Waals surface area contributed by atoms with E-state index >= 15 is 0 Å². The average Bonchev–Trinajstić information content (AvgIpc) is 2.61. The largest absolute Gasteiger partial charge is 0.411 e. The Labute approximate surface area is 110 Å². The second kappa shape index (κ2) is 5.80. The van der Waals surface area contributed by atoms with Crippen molar-refractivity contribution in [2.75, 3.05) is 19.0 Å². The Morgan fingerprint density at radius 1 is 1.59 bits per heavy atom. The van der Waals surface area contributed by atoms with Crippen LogP contribution in [0.4, 0.5) is 0 Å². The van der Waals surface area contributed by atoms with E-state index in [1.807, 2.05) is 17.8 Å². The van der Waals surface area contributed by atoms with Gasteiger partial charge < -0.3 is 9.77 Å². The maximum atomic E-state index is 9.09. The van der Waals surface area contributed by atoms with Gasteiger partial charge in [-0.3, -0.25) is 0 Å². The van der Waals surface area contributed by atoms with Crippen molar-refractivity contribution in [1.29, 1.82) is 0 Å². The minimum atomic E-state index is 0.680. The molecule has 0 radical (unpaired) electrons. The van der Waals surface area contributed by atoms with Crippen LogP contribution in [0.5, 0.6) is 0 Å². The Kier molecular flexibility index (Phi) is 4.36. The lowest BCUT2D eigenvalue weighted by Gasteiger charge is -2.17. The highest BCUT2D eigenvalue weighted by Crippen LogP contribution is 2.31. The summed E-state index contributed by atoms with van der Waals surface area (Å²) in [6, 6.07) is 2.06. The van der Waals surface area contributed by atoms with Crippen molar-refractivity contribution in [1.82, 2.24) is 8.87 Å². The molecule has 0 unspecified atom stereocenters. The zero-order valence-corrected chi connectivity index (χ0v) is 11.3.